The quantitative estimate of drug-likeness (QED) is 0.363. The zero-order valence-electron chi connectivity index (χ0n) is 20.9. The predicted molar refractivity (Wildman–Crippen MR) is 140 cm³/mol. The van der Waals surface area contributed by atoms with Crippen LogP contribution in [0, 0.1) is 0 Å². The standard InChI is InChI=1S/C26H36N6O3S/c1-2-3-16-27-26-28-17-23-24(30-32(25(23)29-26)20-10-12-21(33)13-11-20)18-8-14-22(15-9-18)36(34,35)31-19-6-4-5-7-19/h8-9,14-15,17,19-21,31,33H,2-7,10-13,16H2,1H3,(H,27,28,29)/t20-,21-. The van der Waals surface area contributed by atoms with E-state index in [0.29, 0.717) is 5.95 Å². The summed E-state index contributed by atoms with van der Waals surface area (Å²) in [5.41, 5.74) is 2.33. The summed E-state index contributed by atoms with van der Waals surface area (Å²) in [4.78, 5) is 9.61. The van der Waals surface area contributed by atoms with Crippen LogP contribution in [0.3, 0.4) is 0 Å². The summed E-state index contributed by atoms with van der Waals surface area (Å²) in [6.45, 7) is 2.95. The molecule has 0 bridgehead atoms. The van der Waals surface area contributed by atoms with Crippen LogP contribution in [0.25, 0.3) is 22.3 Å². The van der Waals surface area contributed by atoms with Crippen molar-refractivity contribution < 1.29 is 13.5 Å². The molecule has 0 amide bonds. The van der Waals surface area contributed by atoms with E-state index in [2.05, 4.69) is 21.9 Å². The zero-order valence-corrected chi connectivity index (χ0v) is 21.7. The molecule has 0 unspecified atom stereocenters. The van der Waals surface area contributed by atoms with Gasteiger partial charge in [-0.1, -0.05) is 38.3 Å². The molecule has 3 aromatic rings. The van der Waals surface area contributed by atoms with Crippen LogP contribution < -0.4 is 10.0 Å². The second kappa shape index (κ2) is 10.8. The van der Waals surface area contributed by atoms with Crippen LogP contribution >= 0.6 is 0 Å². The highest BCUT2D eigenvalue weighted by atomic mass is 32.2. The van der Waals surface area contributed by atoms with E-state index in [1.807, 2.05) is 16.8 Å². The molecule has 1 aromatic carbocycles. The first kappa shape index (κ1) is 25.1. The fourth-order valence-corrected chi connectivity index (χ4v) is 6.58. The second-order valence-corrected chi connectivity index (χ2v) is 11.8. The van der Waals surface area contributed by atoms with E-state index >= 15 is 0 Å². The van der Waals surface area contributed by atoms with Gasteiger partial charge in [0.2, 0.25) is 16.0 Å². The second-order valence-electron chi connectivity index (χ2n) is 10.1. The molecule has 0 spiro atoms. The molecule has 194 valence electrons. The van der Waals surface area contributed by atoms with Crippen LogP contribution in [0.1, 0.15) is 77.2 Å². The minimum Gasteiger partial charge on any atom is -0.393 e. The maximum absolute atomic E-state index is 12.9. The average Bonchev–Trinajstić information content (AvgIpc) is 3.52. The van der Waals surface area contributed by atoms with Crippen molar-refractivity contribution in [3.8, 4) is 11.3 Å². The molecule has 9 nitrogen and oxygen atoms in total. The number of unbranched alkanes of at least 4 members (excludes halogenated alkanes) is 1. The molecule has 2 saturated carbocycles. The highest BCUT2D eigenvalue weighted by Gasteiger charge is 2.26. The number of nitrogens with one attached hydrogen (secondary N) is 2. The lowest BCUT2D eigenvalue weighted by atomic mass is 9.93. The van der Waals surface area contributed by atoms with Crippen LogP contribution in [0.4, 0.5) is 5.95 Å². The zero-order chi connectivity index (χ0) is 25.1. The summed E-state index contributed by atoms with van der Waals surface area (Å²) in [7, 11) is -3.55. The number of aliphatic hydroxyl groups is 1. The maximum atomic E-state index is 12.9. The largest absolute Gasteiger partial charge is 0.393 e. The van der Waals surface area contributed by atoms with Crippen molar-refractivity contribution in [1.82, 2.24) is 24.5 Å². The molecule has 2 aliphatic rings. The number of fused-ring (bicyclic) bond motifs is 1. The number of sulfonamides is 1. The van der Waals surface area contributed by atoms with Crippen molar-refractivity contribution in [2.45, 2.75) is 94.2 Å². The lowest BCUT2D eigenvalue weighted by molar-refractivity contribution is 0.109. The molecule has 2 fully saturated rings. The van der Waals surface area contributed by atoms with Crippen molar-refractivity contribution in [1.29, 1.82) is 0 Å². The van der Waals surface area contributed by atoms with Crippen LogP contribution in [0.2, 0.25) is 0 Å². The molecule has 0 saturated heterocycles. The van der Waals surface area contributed by atoms with Gasteiger partial charge in [-0.15, -0.1) is 0 Å². The van der Waals surface area contributed by atoms with Gasteiger partial charge in [-0.2, -0.15) is 10.1 Å². The molecule has 0 aliphatic heterocycles. The Balaban J connectivity index is 1.46. The summed E-state index contributed by atoms with van der Waals surface area (Å²) in [5, 5.41) is 19.1. The smallest absolute Gasteiger partial charge is 0.240 e. The topological polar surface area (TPSA) is 122 Å². The van der Waals surface area contributed by atoms with Crippen LogP contribution in [-0.2, 0) is 10.0 Å². The molecular formula is C26H36N6O3S. The normalized spacial score (nSPS) is 21.3. The molecular weight excluding hydrogens is 476 g/mol. The molecule has 36 heavy (non-hydrogen) atoms. The van der Waals surface area contributed by atoms with Crippen molar-refractivity contribution in [3.05, 3.63) is 30.5 Å². The monoisotopic (exact) mass is 512 g/mol. The fourth-order valence-electron chi connectivity index (χ4n) is 5.28. The van der Waals surface area contributed by atoms with E-state index in [9.17, 15) is 13.5 Å². The van der Waals surface area contributed by atoms with Crippen LogP contribution in [0.5, 0.6) is 0 Å². The van der Waals surface area contributed by atoms with E-state index < -0.39 is 10.0 Å². The number of benzene rings is 1. The molecule has 2 aliphatic carbocycles. The summed E-state index contributed by atoms with van der Waals surface area (Å²) in [6.07, 6.45) is 10.8. The summed E-state index contributed by atoms with van der Waals surface area (Å²) >= 11 is 0. The molecule has 3 N–H and O–H groups in total. The predicted octanol–water partition coefficient (Wildman–Crippen LogP) is 4.40. The van der Waals surface area contributed by atoms with Crippen molar-refractivity contribution >= 4 is 27.0 Å². The highest BCUT2D eigenvalue weighted by molar-refractivity contribution is 7.89. The molecule has 2 heterocycles. The van der Waals surface area contributed by atoms with Crippen molar-refractivity contribution in [2.24, 2.45) is 0 Å². The molecule has 5 rings (SSSR count). The number of rotatable bonds is 9. The van der Waals surface area contributed by atoms with Gasteiger partial charge < -0.3 is 10.4 Å². The fraction of sp³-hybridized carbons (Fsp3) is 0.577. The van der Waals surface area contributed by atoms with E-state index in [1.165, 1.54) is 0 Å². The molecule has 0 radical (unpaired) electrons. The van der Waals surface area contributed by atoms with Crippen LogP contribution in [0.15, 0.2) is 35.4 Å². The van der Waals surface area contributed by atoms with Gasteiger partial charge in [0.25, 0.3) is 0 Å². The maximum Gasteiger partial charge on any atom is 0.240 e. The minimum absolute atomic E-state index is 0.0283. The number of hydrogen-bond acceptors (Lipinski definition) is 7. The third-order valence-corrected chi connectivity index (χ3v) is 8.93. The van der Waals surface area contributed by atoms with Gasteiger partial charge in [-0.3, -0.25) is 0 Å². The van der Waals surface area contributed by atoms with Crippen molar-refractivity contribution in [2.75, 3.05) is 11.9 Å². The van der Waals surface area contributed by atoms with Crippen LogP contribution in [-0.4, -0.2) is 52.0 Å². The van der Waals surface area contributed by atoms with Gasteiger partial charge in [0.15, 0.2) is 5.65 Å². The van der Waals surface area contributed by atoms with Gasteiger partial charge in [0.1, 0.15) is 5.69 Å². The Labute approximate surface area is 212 Å². The van der Waals surface area contributed by atoms with Gasteiger partial charge in [-0.25, -0.2) is 22.8 Å². The SMILES string of the molecule is CCCCNc1ncc2c(-c3ccc(S(=O)(=O)NC4CCCC4)cc3)nn([C@H]3CC[C@H](O)CC3)c2n1. The molecule has 2 aromatic heterocycles. The third-order valence-electron chi connectivity index (χ3n) is 7.39. The Morgan fingerprint density at radius 3 is 2.47 bits per heavy atom. The Kier molecular flexibility index (Phi) is 7.55. The van der Waals surface area contributed by atoms with Gasteiger partial charge in [0, 0.05) is 24.3 Å². The summed E-state index contributed by atoms with van der Waals surface area (Å²) in [6, 6.07) is 7.10. The first-order chi connectivity index (χ1) is 17.4. The number of aliphatic hydroxyl groups excluding tert-OH is 1. The highest BCUT2D eigenvalue weighted by Crippen LogP contribution is 2.35. The number of nitrogens with zero attached hydrogens (tertiary/aromatic N) is 4. The Morgan fingerprint density at radius 2 is 1.78 bits per heavy atom. The Hall–Kier alpha value is -2.56. The number of anilines is 1. The summed E-state index contributed by atoms with van der Waals surface area (Å²) in [5.74, 6) is 0.582. The Morgan fingerprint density at radius 1 is 1.06 bits per heavy atom. The number of aromatic nitrogens is 4. The van der Waals surface area contributed by atoms with E-state index in [0.717, 1.165) is 93.0 Å². The summed E-state index contributed by atoms with van der Waals surface area (Å²) < 4.78 is 30.5. The van der Waals surface area contributed by atoms with Gasteiger partial charge in [0.05, 0.1) is 22.4 Å². The number of hydrogen-bond donors (Lipinski definition) is 3. The van der Waals surface area contributed by atoms with E-state index in [1.54, 1.807) is 18.3 Å². The van der Waals surface area contributed by atoms with Crippen molar-refractivity contribution in [3.63, 3.8) is 0 Å². The first-order valence-corrected chi connectivity index (χ1v) is 14.7. The van der Waals surface area contributed by atoms with Gasteiger partial charge in [-0.05, 0) is 57.1 Å². The average molecular weight is 513 g/mol. The van der Waals surface area contributed by atoms with E-state index in [4.69, 9.17) is 10.1 Å². The molecule has 10 heteroatoms. The lowest BCUT2D eigenvalue weighted by Crippen LogP contribution is -2.32. The lowest BCUT2D eigenvalue weighted by Gasteiger charge is -2.25. The minimum atomic E-state index is -3.55. The Bertz CT molecular complexity index is 1280. The van der Waals surface area contributed by atoms with Gasteiger partial charge >= 0.3 is 0 Å². The third kappa shape index (κ3) is 5.40. The molecule has 0 atom stereocenters. The van der Waals surface area contributed by atoms with E-state index in [-0.39, 0.29) is 23.1 Å². The first-order valence-electron chi connectivity index (χ1n) is 13.2.